The summed E-state index contributed by atoms with van der Waals surface area (Å²) in [5.74, 6) is -0.137. The van der Waals surface area contributed by atoms with Crippen LogP contribution in [0.15, 0.2) is 36.5 Å². The summed E-state index contributed by atoms with van der Waals surface area (Å²) in [7, 11) is 0. The van der Waals surface area contributed by atoms with Crippen LogP contribution in [-0.2, 0) is 14.4 Å². The Balaban J connectivity index is 1.65. The molecule has 2 aliphatic heterocycles. The van der Waals surface area contributed by atoms with Crippen LogP contribution in [0, 0.1) is 16.7 Å². The van der Waals surface area contributed by atoms with Crippen LogP contribution in [0.1, 0.15) is 92.1 Å². The number of nitrogens with zero attached hydrogens (tertiary/aromatic N) is 3. The lowest BCUT2D eigenvalue weighted by molar-refractivity contribution is -0.147. The van der Waals surface area contributed by atoms with E-state index in [0.717, 1.165) is 36.9 Å². The Morgan fingerprint density at radius 3 is 2.19 bits per heavy atom. The predicted octanol–water partition coefficient (Wildman–Crippen LogP) is 5.84. The van der Waals surface area contributed by atoms with Gasteiger partial charge in [-0.05, 0) is 62.1 Å². The molecule has 2 saturated heterocycles. The molecular weight excluding hydrogens is 548 g/mol. The topological polar surface area (TPSA) is 73.0 Å². The van der Waals surface area contributed by atoms with Gasteiger partial charge < -0.3 is 20.0 Å². The molecular formula is C34H51ClN4O3. The summed E-state index contributed by atoms with van der Waals surface area (Å²) >= 11 is 6.20. The molecule has 1 aromatic carbocycles. The van der Waals surface area contributed by atoms with Gasteiger partial charge in [-0.2, -0.15) is 0 Å². The van der Waals surface area contributed by atoms with Crippen LogP contribution in [0.4, 0.5) is 0 Å². The number of hydrogen-bond acceptors (Lipinski definition) is 4. The fourth-order valence-corrected chi connectivity index (χ4v) is 7.25. The molecule has 3 amide bonds. The van der Waals surface area contributed by atoms with Crippen LogP contribution in [-0.4, -0.2) is 76.7 Å². The molecule has 8 heteroatoms. The summed E-state index contributed by atoms with van der Waals surface area (Å²) < 4.78 is 0. The monoisotopic (exact) mass is 598 g/mol. The Bertz CT molecular complexity index is 1160. The van der Waals surface area contributed by atoms with Crippen molar-refractivity contribution in [2.45, 2.75) is 105 Å². The van der Waals surface area contributed by atoms with E-state index < -0.39 is 5.41 Å². The Morgan fingerprint density at radius 1 is 1.02 bits per heavy atom. The SMILES string of the molecule is C=C(C)N1CC(C(=O)N2C[C@@H](N(C(=O)C(C)(C)C)C3CCC(C)(C)CC3)C[C@H]2CNC(C)=O)[C@@H](c2ccc(Cl)cc2)C1. The third-order valence-electron chi connectivity index (χ3n) is 9.71. The zero-order valence-electron chi connectivity index (χ0n) is 26.7. The maximum Gasteiger partial charge on any atom is 0.228 e. The number of rotatable bonds is 7. The van der Waals surface area contributed by atoms with Gasteiger partial charge in [0, 0.05) is 61.2 Å². The summed E-state index contributed by atoms with van der Waals surface area (Å²) in [4.78, 5) is 46.9. The van der Waals surface area contributed by atoms with E-state index in [1.165, 1.54) is 6.92 Å². The van der Waals surface area contributed by atoms with Crippen LogP contribution in [0.5, 0.6) is 0 Å². The molecule has 7 nitrogen and oxygen atoms in total. The molecule has 0 bridgehead atoms. The van der Waals surface area contributed by atoms with Crippen molar-refractivity contribution in [1.29, 1.82) is 0 Å². The Labute approximate surface area is 258 Å². The van der Waals surface area contributed by atoms with E-state index >= 15 is 0 Å². The molecule has 1 aliphatic carbocycles. The third kappa shape index (κ3) is 7.32. The molecule has 2 heterocycles. The number of benzene rings is 1. The number of carbonyl (C=O) groups excluding carboxylic acids is 3. The van der Waals surface area contributed by atoms with Gasteiger partial charge in [0.2, 0.25) is 17.7 Å². The number of nitrogens with one attached hydrogen (secondary N) is 1. The van der Waals surface area contributed by atoms with Crippen molar-refractivity contribution < 1.29 is 14.4 Å². The lowest BCUT2D eigenvalue weighted by Crippen LogP contribution is -2.54. The van der Waals surface area contributed by atoms with Gasteiger partial charge >= 0.3 is 0 Å². The van der Waals surface area contributed by atoms with Gasteiger partial charge in [-0.3, -0.25) is 14.4 Å². The molecule has 0 aromatic heterocycles. The maximum atomic E-state index is 14.5. The van der Waals surface area contributed by atoms with E-state index in [4.69, 9.17) is 11.6 Å². The van der Waals surface area contributed by atoms with E-state index in [1.54, 1.807) is 0 Å². The Kier molecular flexibility index (Phi) is 9.71. The van der Waals surface area contributed by atoms with Crippen molar-refractivity contribution in [2.75, 3.05) is 26.2 Å². The lowest BCUT2D eigenvalue weighted by Gasteiger charge is -2.45. The summed E-state index contributed by atoms with van der Waals surface area (Å²) in [6.45, 7) is 20.4. The minimum atomic E-state index is -0.523. The van der Waals surface area contributed by atoms with Crippen molar-refractivity contribution in [3.05, 3.63) is 47.1 Å². The molecule has 1 unspecified atom stereocenters. The Morgan fingerprint density at radius 2 is 1.64 bits per heavy atom. The second kappa shape index (κ2) is 12.6. The summed E-state index contributed by atoms with van der Waals surface area (Å²) in [6, 6.07) is 7.71. The van der Waals surface area contributed by atoms with E-state index in [2.05, 4.69) is 35.5 Å². The zero-order chi connectivity index (χ0) is 31.0. The van der Waals surface area contributed by atoms with Crippen molar-refractivity contribution in [3.8, 4) is 0 Å². The van der Waals surface area contributed by atoms with Crippen LogP contribution in [0.2, 0.25) is 5.02 Å². The Hall–Kier alpha value is -2.54. The summed E-state index contributed by atoms with van der Waals surface area (Å²) in [5, 5.41) is 3.64. The van der Waals surface area contributed by atoms with E-state index in [0.29, 0.717) is 37.6 Å². The number of likely N-dealkylation sites (tertiary alicyclic amines) is 2. The highest BCUT2D eigenvalue weighted by Gasteiger charge is 2.48. The van der Waals surface area contributed by atoms with E-state index in [9.17, 15) is 14.4 Å². The van der Waals surface area contributed by atoms with Crippen LogP contribution in [0.25, 0.3) is 0 Å². The predicted molar refractivity (Wildman–Crippen MR) is 169 cm³/mol. The highest BCUT2D eigenvalue weighted by Crippen LogP contribution is 2.41. The number of carbonyl (C=O) groups is 3. The third-order valence-corrected chi connectivity index (χ3v) is 9.96. The van der Waals surface area contributed by atoms with Gasteiger partial charge in [0.25, 0.3) is 0 Å². The number of hydrogen-bond donors (Lipinski definition) is 1. The second-order valence-corrected chi connectivity index (χ2v) is 15.2. The first-order valence-electron chi connectivity index (χ1n) is 15.6. The maximum absolute atomic E-state index is 14.5. The first-order valence-corrected chi connectivity index (χ1v) is 16.0. The molecule has 0 spiro atoms. The molecule has 3 aliphatic rings. The molecule has 1 N–H and O–H groups in total. The fraction of sp³-hybridized carbons (Fsp3) is 0.676. The molecule has 42 heavy (non-hydrogen) atoms. The highest BCUT2D eigenvalue weighted by atomic mass is 35.5. The van der Waals surface area contributed by atoms with E-state index in [-0.39, 0.29) is 53.1 Å². The molecule has 232 valence electrons. The molecule has 4 rings (SSSR count). The van der Waals surface area contributed by atoms with Gasteiger partial charge in [-0.25, -0.2) is 0 Å². The molecule has 0 radical (unpaired) electrons. The lowest BCUT2D eigenvalue weighted by atomic mass is 9.74. The minimum absolute atomic E-state index is 0.000168. The average molecular weight is 599 g/mol. The second-order valence-electron chi connectivity index (χ2n) is 14.7. The number of amides is 3. The first-order chi connectivity index (χ1) is 19.6. The molecule has 1 saturated carbocycles. The largest absolute Gasteiger partial charge is 0.374 e. The fourth-order valence-electron chi connectivity index (χ4n) is 7.12. The zero-order valence-corrected chi connectivity index (χ0v) is 27.5. The average Bonchev–Trinajstić information content (AvgIpc) is 3.53. The van der Waals surface area contributed by atoms with Gasteiger partial charge in [-0.15, -0.1) is 0 Å². The number of halogens is 1. The standard InChI is InChI=1S/C34H51ClN4O3/c1-22(2)37-20-29(24-9-11-25(35)12-10-24)30(21-37)31(41)38-19-28(17-27(38)18-36-23(3)40)39(32(42)33(4,5)6)26-13-15-34(7,8)16-14-26/h9-12,26-30H,1,13-21H2,2-8H3,(H,36,40)/t27-,28-,29+,30?/m0/s1. The van der Waals surface area contributed by atoms with Gasteiger partial charge in [0.15, 0.2) is 0 Å². The van der Waals surface area contributed by atoms with Gasteiger partial charge in [-0.1, -0.05) is 64.9 Å². The van der Waals surface area contributed by atoms with Crippen molar-refractivity contribution >= 4 is 29.3 Å². The minimum Gasteiger partial charge on any atom is -0.374 e. The quantitative estimate of drug-likeness (QED) is 0.428. The normalized spacial score (nSPS) is 26.3. The smallest absolute Gasteiger partial charge is 0.228 e. The number of allylic oxidation sites excluding steroid dienone is 1. The van der Waals surface area contributed by atoms with Crippen molar-refractivity contribution in [2.24, 2.45) is 16.7 Å². The van der Waals surface area contributed by atoms with Crippen LogP contribution >= 0.6 is 11.6 Å². The van der Waals surface area contributed by atoms with Crippen molar-refractivity contribution in [3.63, 3.8) is 0 Å². The first kappa shape index (κ1) is 32.4. The summed E-state index contributed by atoms with van der Waals surface area (Å²) in [5.41, 5.74) is 1.79. The molecule has 1 aromatic rings. The molecule has 4 atom stereocenters. The van der Waals surface area contributed by atoms with Crippen LogP contribution in [0.3, 0.4) is 0 Å². The van der Waals surface area contributed by atoms with Crippen molar-refractivity contribution in [1.82, 2.24) is 20.0 Å². The van der Waals surface area contributed by atoms with Gasteiger partial charge in [0.05, 0.1) is 18.0 Å². The summed E-state index contributed by atoms with van der Waals surface area (Å²) in [6.07, 6.45) is 4.78. The van der Waals surface area contributed by atoms with Gasteiger partial charge in [0.1, 0.15) is 0 Å². The van der Waals surface area contributed by atoms with Crippen LogP contribution < -0.4 is 5.32 Å². The van der Waals surface area contributed by atoms with E-state index in [1.807, 2.05) is 56.9 Å². The molecule has 3 fully saturated rings. The highest BCUT2D eigenvalue weighted by molar-refractivity contribution is 6.30.